The Hall–Kier alpha value is -1.26. The highest BCUT2D eigenvalue weighted by atomic mass is 32.1. The number of aromatic nitrogens is 2. The second-order valence-corrected chi connectivity index (χ2v) is 5.98. The molecular weight excluding hydrogens is 242 g/mol. The van der Waals surface area contributed by atoms with Crippen LogP contribution in [0.5, 0.6) is 0 Å². The lowest BCUT2D eigenvalue weighted by atomic mass is 10.2. The van der Waals surface area contributed by atoms with E-state index in [1.165, 1.54) is 10.4 Å². The molecule has 0 atom stereocenters. The van der Waals surface area contributed by atoms with Gasteiger partial charge in [-0.05, 0) is 24.1 Å². The van der Waals surface area contributed by atoms with Crippen molar-refractivity contribution in [3.63, 3.8) is 0 Å². The van der Waals surface area contributed by atoms with Crippen LogP contribution in [0.2, 0.25) is 0 Å². The molecule has 0 aromatic carbocycles. The van der Waals surface area contributed by atoms with E-state index in [1.54, 1.807) is 17.5 Å². The second kappa shape index (κ2) is 6.61. The van der Waals surface area contributed by atoms with Gasteiger partial charge in [0.1, 0.15) is 0 Å². The Morgan fingerprint density at radius 2 is 2.22 bits per heavy atom. The summed E-state index contributed by atoms with van der Waals surface area (Å²) >= 11 is 1.78. The number of thiazole rings is 1. The van der Waals surface area contributed by atoms with Crippen molar-refractivity contribution in [1.82, 2.24) is 15.3 Å². The van der Waals surface area contributed by atoms with Gasteiger partial charge in [0.05, 0.1) is 5.01 Å². The molecule has 3 nitrogen and oxygen atoms in total. The molecule has 18 heavy (non-hydrogen) atoms. The predicted octanol–water partition coefficient (Wildman–Crippen LogP) is 2.87. The minimum atomic E-state index is 0.688. The number of hydrogen-bond acceptors (Lipinski definition) is 4. The van der Waals surface area contributed by atoms with Crippen molar-refractivity contribution in [2.24, 2.45) is 5.92 Å². The first-order valence-corrected chi connectivity index (χ1v) is 7.09. The predicted molar refractivity (Wildman–Crippen MR) is 75.7 cm³/mol. The van der Waals surface area contributed by atoms with Gasteiger partial charge in [0, 0.05) is 36.4 Å². The molecular formula is C14H19N3S. The minimum Gasteiger partial charge on any atom is -0.312 e. The third-order valence-corrected chi connectivity index (χ3v) is 3.53. The smallest absolute Gasteiger partial charge is 0.0972 e. The Morgan fingerprint density at radius 1 is 1.33 bits per heavy atom. The average Bonchev–Trinajstić information content (AvgIpc) is 2.78. The molecule has 0 aliphatic carbocycles. The number of pyridine rings is 1. The van der Waals surface area contributed by atoms with Gasteiger partial charge in [-0.1, -0.05) is 19.9 Å². The fourth-order valence-electron chi connectivity index (χ4n) is 1.67. The van der Waals surface area contributed by atoms with Crippen LogP contribution in [0.3, 0.4) is 0 Å². The summed E-state index contributed by atoms with van der Waals surface area (Å²) in [7, 11) is 0. The number of nitrogens with zero attached hydrogens (tertiary/aromatic N) is 2. The van der Waals surface area contributed by atoms with Crippen molar-refractivity contribution >= 4 is 11.3 Å². The highest BCUT2D eigenvalue weighted by molar-refractivity contribution is 7.11. The summed E-state index contributed by atoms with van der Waals surface area (Å²) < 4.78 is 0. The fraction of sp³-hybridized carbons (Fsp3) is 0.429. The quantitative estimate of drug-likeness (QED) is 0.869. The zero-order chi connectivity index (χ0) is 12.8. The van der Waals surface area contributed by atoms with E-state index in [0.29, 0.717) is 5.92 Å². The van der Waals surface area contributed by atoms with Crippen LogP contribution in [0.25, 0.3) is 0 Å². The molecule has 2 aromatic heterocycles. The molecule has 4 heteroatoms. The molecule has 0 unspecified atom stereocenters. The Balaban J connectivity index is 1.86. The molecule has 2 rings (SSSR count). The first-order valence-electron chi connectivity index (χ1n) is 6.27. The molecule has 0 spiro atoms. The van der Waals surface area contributed by atoms with E-state index in [1.807, 2.05) is 18.5 Å². The summed E-state index contributed by atoms with van der Waals surface area (Å²) in [4.78, 5) is 9.88. The normalized spacial score (nSPS) is 11.1. The molecule has 1 N–H and O–H groups in total. The maximum atomic E-state index is 4.46. The molecule has 0 amide bonds. The van der Waals surface area contributed by atoms with Crippen molar-refractivity contribution < 1.29 is 0 Å². The molecule has 0 aliphatic rings. The highest BCUT2D eigenvalue weighted by Gasteiger charge is 2.03. The molecule has 0 fully saturated rings. The largest absolute Gasteiger partial charge is 0.312 e. The molecule has 0 saturated heterocycles. The van der Waals surface area contributed by atoms with Crippen molar-refractivity contribution in [3.05, 3.63) is 46.2 Å². The number of nitrogens with one attached hydrogen (secondary N) is 1. The summed E-state index contributed by atoms with van der Waals surface area (Å²) in [5.41, 5.74) is 1.22. The van der Waals surface area contributed by atoms with E-state index >= 15 is 0 Å². The van der Waals surface area contributed by atoms with Crippen LogP contribution in [0, 0.1) is 5.92 Å². The number of hydrogen-bond donors (Lipinski definition) is 1. The molecule has 2 aromatic rings. The van der Waals surface area contributed by atoms with Crippen LogP contribution in [-0.4, -0.2) is 16.5 Å². The maximum Gasteiger partial charge on any atom is 0.0972 e. The van der Waals surface area contributed by atoms with Crippen molar-refractivity contribution in [2.45, 2.75) is 26.8 Å². The molecule has 0 bridgehead atoms. The van der Waals surface area contributed by atoms with Gasteiger partial charge in [-0.25, -0.2) is 4.98 Å². The molecule has 96 valence electrons. The zero-order valence-corrected chi connectivity index (χ0v) is 11.7. The highest BCUT2D eigenvalue weighted by Crippen LogP contribution is 2.16. The van der Waals surface area contributed by atoms with Crippen LogP contribution < -0.4 is 5.32 Å². The van der Waals surface area contributed by atoms with Crippen LogP contribution in [0.4, 0.5) is 0 Å². The lowest BCUT2D eigenvalue weighted by molar-refractivity contribution is 0.554. The van der Waals surface area contributed by atoms with Gasteiger partial charge in [-0.2, -0.15) is 0 Å². The van der Waals surface area contributed by atoms with Gasteiger partial charge in [-0.15, -0.1) is 11.3 Å². The van der Waals surface area contributed by atoms with Gasteiger partial charge in [0.2, 0.25) is 0 Å². The summed E-state index contributed by atoms with van der Waals surface area (Å²) in [6, 6.07) is 4.05. The van der Waals surface area contributed by atoms with Crippen LogP contribution >= 0.6 is 11.3 Å². The summed E-state index contributed by atoms with van der Waals surface area (Å²) in [6.45, 7) is 6.40. The van der Waals surface area contributed by atoms with Crippen LogP contribution in [-0.2, 0) is 13.0 Å². The Labute approximate surface area is 112 Å². The SMILES string of the molecule is CC(C)CNCc1cnc(Cc2cccnc2)s1. The number of rotatable bonds is 6. The van der Waals surface area contributed by atoms with E-state index in [2.05, 4.69) is 35.2 Å². The average molecular weight is 261 g/mol. The lowest BCUT2D eigenvalue weighted by Crippen LogP contribution is -2.18. The van der Waals surface area contributed by atoms with Crippen molar-refractivity contribution in [1.29, 1.82) is 0 Å². The summed E-state index contributed by atoms with van der Waals surface area (Å²) in [6.07, 6.45) is 6.55. The summed E-state index contributed by atoms with van der Waals surface area (Å²) in [5.74, 6) is 0.688. The lowest BCUT2D eigenvalue weighted by Gasteiger charge is -2.04. The first-order chi connectivity index (χ1) is 8.74. The third-order valence-electron chi connectivity index (χ3n) is 2.53. The molecule has 0 aliphatic heterocycles. The monoisotopic (exact) mass is 261 g/mol. The van der Waals surface area contributed by atoms with Gasteiger partial charge in [0.25, 0.3) is 0 Å². The molecule has 0 saturated carbocycles. The maximum absolute atomic E-state index is 4.46. The van der Waals surface area contributed by atoms with Gasteiger partial charge < -0.3 is 5.32 Å². The Kier molecular flexibility index (Phi) is 4.84. The van der Waals surface area contributed by atoms with E-state index < -0.39 is 0 Å². The Morgan fingerprint density at radius 3 is 2.94 bits per heavy atom. The second-order valence-electron chi connectivity index (χ2n) is 4.78. The Bertz CT molecular complexity index is 465. The standard InChI is InChI=1S/C14H19N3S/c1-11(2)7-16-9-13-10-17-14(18-13)6-12-4-3-5-15-8-12/h3-5,8,10-11,16H,6-7,9H2,1-2H3. The third kappa shape index (κ3) is 4.20. The fourth-order valence-corrected chi connectivity index (χ4v) is 2.60. The van der Waals surface area contributed by atoms with E-state index in [0.717, 1.165) is 24.5 Å². The van der Waals surface area contributed by atoms with Gasteiger partial charge >= 0.3 is 0 Å². The van der Waals surface area contributed by atoms with Gasteiger partial charge in [0.15, 0.2) is 0 Å². The van der Waals surface area contributed by atoms with Crippen LogP contribution in [0.15, 0.2) is 30.7 Å². The molecule has 0 radical (unpaired) electrons. The van der Waals surface area contributed by atoms with Gasteiger partial charge in [-0.3, -0.25) is 4.98 Å². The summed E-state index contributed by atoms with van der Waals surface area (Å²) in [5, 5.41) is 4.59. The van der Waals surface area contributed by atoms with E-state index in [4.69, 9.17) is 0 Å². The zero-order valence-electron chi connectivity index (χ0n) is 10.9. The first kappa shape index (κ1) is 13.2. The topological polar surface area (TPSA) is 37.8 Å². The van der Waals surface area contributed by atoms with Crippen molar-refractivity contribution in [2.75, 3.05) is 6.54 Å². The van der Waals surface area contributed by atoms with Crippen LogP contribution in [0.1, 0.15) is 29.3 Å². The van der Waals surface area contributed by atoms with E-state index in [9.17, 15) is 0 Å². The minimum absolute atomic E-state index is 0.688. The van der Waals surface area contributed by atoms with E-state index in [-0.39, 0.29) is 0 Å². The van der Waals surface area contributed by atoms with Crippen molar-refractivity contribution in [3.8, 4) is 0 Å². The molecule has 2 heterocycles.